The highest BCUT2D eigenvalue weighted by molar-refractivity contribution is 5.93. The monoisotopic (exact) mass is 247 g/mol. The standard InChI is InChI=1S/C12H13N3O3/c1-8-6-9(14)2-3-10(8)12(17)18-7-11(16)15-5-4-13/h2-3,6H,5,7,14H2,1H3,(H,15,16). The van der Waals surface area contributed by atoms with E-state index in [1.807, 2.05) is 0 Å². The van der Waals surface area contributed by atoms with Gasteiger partial charge < -0.3 is 15.8 Å². The molecule has 1 rings (SSSR count). The largest absolute Gasteiger partial charge is 0.452 e. The molecule has 6 heteroatoms. The number of nitrogens with zero attached hydrogens (tertiary/aromatic N) is 1. The first kappa shape index (κ1) is 13.5. The number of hydrogen-bond acceptors (Lipinski definition) is 5. The summed E-state index contributed by atoms with van der Waals surface area (Å²) < 4.78 is 4.81. The molecule has 0 bridgehead atoms. The van der Waals surface area contributed by atoms with Gasteiger partial charge in [0, 0.05) is 5.69 Å². The summed E-state index contributed by atoms with van der Waals surface area (Å²) in [5, 5.41) is 10.5. The zero-order chi connectivity index (χ0) is 13.5. The van der Waals surface area contributed by atoms with Gasteiger partial charge in [-0.3, -0.25) is 4.79 Å². The summed E-state index contributed by atoms with van der Waals surface area (Å²) >= 11 is 0. The lowest BCUT2D eigenvalue weighted by Crippen LogP contribution is -2.29. The van der Waals surface area contributed by atoms with Crippen LogP contribution in [0.3, 0.4) is 0 Å². The number of nitrogens with two attached hydrogens (primary N) is 1. The molecule has 3 N–H and O–H groups in total. The van der Waals surface area contributed by atoms with Crippen LogP contribution in [0.4, 0.5) is 5.69 Å². The third kappa shape index (κ3) is 3.79. The molecule has 1 amide bonds. The quantitative estimate of drug-likeness (QED) is 0.454. The van der Waals surface area contributed by atoms with Crippen LogP contribution in [0.5, 0.6) is 0 Å². The van der Waals surface area contributed by atoms with Gasteiger partial charge in [0.2, 0.25) is 0 Å². The van der Waals surface area contributed by atoms with Gasteiger partial charge in [0.1, 0.15) is 6.54 Å². The maximum atomic E-state index is 11.6. The highest BCUT2D eigenvalue weighted by Crippen LogP contribution is 2.13. The van der Waals surface area contributed by atoms with Crippen molar-refractivity contribution in [3.63, 3.8) is 0 Å². The van der Waals surface area contributed by atoms with E-state index in [0.717, 1.165) is 0 Å². The third-order valence-corrected chi connectivity index (χ3v) is 2.17. The second-order valence-electron chi connectivity index (χ2n) is 3.59. The number of hydrogen-bond donors (Lipinski definition) is 2. The summed E-state index contributed by atoms with van der Waals surface area (Å²) in [4.78, 5) is 22.8. The average Bonchev–Trinajstić information content (AvgIpc) is 2.33. The fourth-order valence-corrected chi connectivity index (χ4v) is 1.31. The molecule has 0 radical (unpaired) electrons. The number of esters is 1. The minimum atomic E-state index is -0.598. The van der Waals surface area contributed by atoms with Crippen molar-refractivity contribution < 1.29 is 14.3 Å². The van der Waals surface area contributed by atoms with Crippen LogP contribution in [0.15, 0.2) is 18.2 Å². The third-order valence-electron chi connectivity index (χ3n) is 2.17. The van der Waals surface area contributed by atoms with Crippen LogP contribution >= 0.6 is 0 Å². The Morgan fingerprint density at radius 2 is 2.22 bits per heavy atom. The van der Waals surface area contributed by atoms with Crippen LogP contribution in [0, 0.1) is 18.3 Å². The molecule has 0 spiro atoms. The van der Waals surface area contributed by atoms with Crippen molar-refractivity contribution in [3.8, 4) is 6.07 Å². The van der Waals surface area contributed by atoms with E-state index in [4.69, 9.17) is 15.7 Å². The lowest BCUT2D eigenvalue weighted by atomic mass is 10.1. The fraction of sp³-hybridized carbons (Fsp3) is 0.250. The van der Waals surface area contributed by atoms with Gasteiger partial charge >= 0.3 is 5.97 Å². The topological polar surface area (TPSA) is 105 Å². The number of carbonyl (C=O) groups is 2. The van der Waals surface area contributed by atoms with Gasteiger partial charge in [-0.15, -0.1) is 0 Å². The maximum Gasteiger partial charge on any atom is 0.338 e. The van der Waals surface area contributed by atoms with Crippen LogP contribution in [0.1, 0.15) is 15.9 Å². The number of carbonyl (C=O) groups excluding carboxylic acids is 2. The fourth-order valence-electron chi connectivity index (χ4n) is 1.31. The van der Waals surface area contributed by atoms with Crippen LogP contribution in [-0.4, -0.2) is 25.0 Å². The molecule has 0 saturated heterocycles. The highest BCUT2D eigenvalue weighted by atomic mass is 16.5. The Hall–Kier alpha value is -2.55. The number of aryl methyl sites for hydroxylation is 1. The van der Waals surface area contributed by atoms with Crippen molar-refractivity contribution in [2.45, 2.75) is 6.92 Å². The van der Waals surface area contributed by atoms with Crippen LogP contribution in [-0.2, 0) is 9.53 Å². The van der Waals surface area contributed by atoms with Crippen LogP contribution in [0.2, 0.25) is 0 Å². The van der Waals surface area contributed by atoms with E-state index in [9.17, 15) is 9.59 Å². The van der Waals surface area contributed by atoms with Gasteiger partial charge in [0.15, 0.2) is 6.61 Å². The Morgan fingerprint density at radius 1 is 1.50 bits per heavy atom. The number of nitriles is 1. The molecule has 0 aliphatic heterocycles. The molecule has 94 valence electrons. The number of nitrogen functional groups attached to an aromatic ring is 1. The molecule has 0 atom stereocenters. The van der Waals surface area contributed by atoms with E-state index >= 15 is 0 Å². The first-order chi connectivity index (χ1) is 8.54. The highest BCUT2D eigenvalue weighted by Gasteiger charge is 2.12. The molecular weight excluding hydrogens is 234 g/mol. The number of nitrogens with one attached hydrogen (secondary N) is 1. The smallest absolute Gasteiger partial charge is 0.338 e. The molecule has 1 aromatic carbocycles. The van der Waals surface area contributed by atoms with Crippen LogP contribution < -0.4 is 11.1 Å². The zero-order valence-corrected chi connectivity index (χ0v) is 9.90. The van der Waals surface area contributed by atoms with Gasteiger partial charge in [-0.25, -0.2) is 4.79 Å². The second kappa shape index (κ2) is 6.25. The number of amides is 1. The summed E-state index contributed by atoms with van der Waals surface area (Å²) in [6, 6.07) is 6.52. The Morgan fingerprint density at radius 3 is 2.83 bits per heavy atom. The molecule has 0 aliphatic carbocycles. The molecular formula is C12H13N3O3. The maximum absolute atomic E-state index is 11.6. The van der Waals surface area contributed by atoms with Crippen molar-refractivity contribution in [3.05, 3.63) is 29.3 Å². The van der Waals surface area contributed by atoms with Gasteiger partial charge in [0.05, 0.1) is 11.6 Å². The van der Waals surface area contributed by atoms with Crippen molar-refractivity contribution in [1.29, 1.82) is 5.26 Å². The van der Waals surface area contributed by atoms with E-state index in [1.165, 1.54) is 0 Å². The predicted octanol–water partition coefficient (Wildman–Crippen LogP) is 0.374. The first-order valence-electron chi connectivity index (χ1n) is 5.21. The second-order valence-corrected chi connectivity index (χ2v) is 3.59. The van der Waals surface area contributed by atoms with Crippen molar-refractivity contribution in [2.24, 2.45) is 0 Å². The average molecular weight is 247 g/mol. The summed E-state index contributed by atoms with van der Waals surface area (Å²) in [6.07, 6.45) is 0. The van der Waals surface area contributed by atoms with Crippen molar-refractivity contribution in [2.75, 3.05) is 18.9 Å². The molecule has 18 heavy (non-hydrogen) atoms. The summed E-state index contributed by atoms with van der Waals surface area (Å²) in [6.45, 7) is 1.20. The Balaban J connectivity index is 2.56. The normalized spacial score (nSPS) is 9.33. The summed E-state index contributed by atoms with van der Waals surface area (Å²) in [5.41, 5.74) is 7.15. The van der Waals surface area contributed by atoms with E-state index in [0.29, 0.717) is 16.8 Å². The molecule has 0 heterocycles. The number of rotatable bonds is 4. The van der Waals surface area contributed by atoms with E-state index in [1.54, 1.807) is 31.2 Å². The molecule has 0 fully saturated rings. The minimum absolute atomic E-state index is 0.114. The van der Waals surface area contributed by atoms with Gasteiger partial charge in [-0.2, -0.15) is 5.26 Å². The number of anilines is 1. The molecule has 0 saturated carbocycles. The Bertz CT molecular complexity index is 506. The van der Waals surface area contributed by atoms with Crippen molar-refractivity contribution >= 4 is 17.6 Å². The lowest BCUT2D eigenvalue weighted by Gasteiger charge is -2.07. The van der Waals surface area contributed by atoms with Crippen molar-refractivity contribution in [1.82, 2.24) is 5.32 Å². The molecule has 6 nitrogen and oxygen atoms in total. The van der Waals surface area contributed by atoms with Gasteiger partial charge in [-0.05, 0) is 30.7 Å². The SMILES string of the molecule is Cc1cc(N)ccc1C(=O)OCC(=O)NCC#N. The van der Waals surface area contributed by atoms with Gasteiger partial charge in [-0.1, -0.05) is 0 Å². The Labute approximate surface area is 104 Å². The van der Waals surface area contributed by atoms with Crippen LogP contribution in [0.25, 0.3) is 0 Å². The Kier molecular flexibility index (Phi) is 4.69. The van der Waals surface area contributed by atoms with E-state index in [-0.39, 0.29) is 6.54 Å². The lowest BCUT2D eigenvalue weighted by molar-refractivity contribution is -0.123. The molecule has 0 unspecified atom stereocenters. The minimum Gasteiger partial charge on any atom is -0.452 e. The van der Waals surface area contributed by atoms with Gasteiger partial charge in [0.25, 0.3) is 5.91 Å². The van der Waals surface area contributed by atoms with E-state index in [2.05, 4.69) is 5.32 Å². The summed E-state index contributed by atoms with van der Waals surface area (Å²) in [7, 11) is 0. The zero-order valence-electron chi connectivity index (χ0n) is 9.90. The summed E-state index contributed by atoms with van der Waals surface area (Å²) in [5.74, 6) is -1.11. The molecule has 0 aliphatic rings. The first-order valence-corrected chi connectivity index (χ1v) is 5.21. The molecule has 1 aromatic rings. The predicted molar refractivity (Wildman–Crippen MR) is 64.5 cm³/mol. The number of ether oxygens (including phenoxy) is 1. The van der Waals surface area contributed by atoms with E-state index < -0.39 is 18.5 Å². The number of benzene rings is 1. The molecule has 0 aromatic heterocycles.